The zero-order valence-corrected chi connectivity index (χ0v) is 16.7. The van der Waals surface area contributed by atoms with Gasteiger partial charge in [0.1, 0.15) is 0 Å². The fraction of sp³-hybridized carbons (Fsp3) is 0.778. The molecule has 0 aliphatic heterocycles. The molecule has 2 unspecified atom stereocenters. The number of aliphatic hydroxyl groups is 2. The molecule has 0 bridgehead atoms. The van der Waals surface area contributed by atoms with Crippen molar-refractivity contribution in [2.45, 2.75) is 72.1 Å². The first-order valence-electron chi connectivity index (χ1n) is 8.79. The van der Waals surface area contributed by atoms with Gasteiger partial charge in [0.2, 0.25) is 0 Å². The molecule has 0 saturated carbocycles. The lowest BCUT2D eigenvalue weighted by Gasteiger charge is -2.27. The van der Waals surface area contributed by atoms with Crippen LogP contribution in [0.5, 0.6) is 0 Å². The van der Waals surface area contributed by atoms with Crippen LogP contribution in [0, 0.1) is 0 Å². The summed E-state index contributed by atoms with van der Waals surface area (Å²) in [6.07, 6.45) is 6.33. The van der Waals surface area contributed by atoms with E-state index in [-0.39, 0.29) is 6.61 Å². The lowest BCUT2D eigenvalue weighted by Crippen LogP contribution is -2.25. The quantitative estimate of drug-likeness (QED) is 0.374. The standard InChI is InChI=1S/C18H35O5P/c1-6-22-24(21,23-7-2)17(5)18(20)12-11-15(3)9-8-10-16(4)13-14-19/h9,13,17-20H,6-8,10-12,14H2,1-5H3/b15-9+,16-13+. The molecule has 0 aromatic heterocycles. The molecular formula is C18H35O5P. The molecule has 0 rings (SSSR count). The molecule has 6 heteroatoms. The Balaban J connectivity index is 4.46. The van der Waals surface area contributed by atoms with Crippen molar-refractivity contribution >= 4 is 7.60 Å². The van der Waals surface area contributed by atoms with Gasteiger partial charge in [-0.3, -0.25) is 4.57 Å². The van der Waals surface area contributed by atoms with Gasteiger partial charge in [-0.1, -0.05) is 23.3 Å². The van der Waals surface area contributed by atoms with Crippen molar-refractivity contribution in [1.29, 1.82) is 0 Å². The first-order valence-corrected chi connectivity index (χ1v) is 10.4. The van der Waals surface area contributed by atoms with Gasteiger partial charge in [0.05, 0.1) is 31.6 Å². The summed E-state index contributed by atoms with van der Waals surface area (Å²) in [7, 11) is -3.27. The minimum absolute atomic E-state index is 0.0817. The highest BCUT2D eigenvalue weighted by Gasteiger charge is 2.36. The van der Waals surface area contributed by atoms with Crippen LogP contribution in [0.1, 0.15) is 60.3 Å². The van der Waals surface area contributed by atoms with E-state index >= 15 is 0 Å². The molecule has 0 aliphatic carbocycles. The van der Waals surface area contributed by atoms with E-state index in [0.29, 0.717) is 19.6 Å². The Kier molecular flexibility index (Phi) is 12.6. The highest BCUT2D eigenvalue weighted by Crippen LogP contribution is 2.54. The van der Waals surface area contributed by atoms with Crippen LogP contribution in [0.4, 0.5) is 0 Å². The Hall–Kier alpha value is -0.450. The zero-order valence-electron chi connectivity index (χ0n) is 15.8. The lowest BCUT2D eigenvalue weighted by atomic mass is 10.0. The summed E-state index contributed by atoms with van der Waals surface area (Å²) < 4.78 is 23.3. The maximum atomic E-state index is 12.7. The predicted octanol–water partition coefficient (Wildman–Crippen LogP) is 4.45. The van der Waals surface area contributed by atoms with Crippen molar-refractivity contribution in [1.82, 2.24) is 0 Å². The molecule has 0 aromatic rings. The highest BCUT2D eigenvalue weighted by molar-refractivity contribution is 7.54. The second-order valence-electron chi connectivity index (χ2n) is 6.04. The van der Waals surface area contributed by atoms with E-state index in [9.17, 15) is 9.67 Å². The maximum absolute atomic E-state index is 12.7. The van der Waals surface area contributed by atoms with E-state index in [4.69, 9.17) is 14.2 Å². The molecule has 0 heterocycles. The second kappa shape index (κ2) is 12.8. The van der Waals surface area contributed by atoms with Crippen LogP contribution < -0.4 is 0 Å². The van der Waals surface area contributed by atoms with Crippen LogP contribution in [0.3, 0.4) is 0 Å². The Morgan fingerprint density at radius 3 is 2.12 bits per heavy atom. The fourth-order valence-corrected chi connectivity index (χ4v) is 4.20. The molecule has 2 atom stereocenters. The molecular weight excluding hydrogens is 327 g/mol. The number of allylic oxidation sites excluding steroid dienone is 3. The third-order valence-corrected chi connectivity index (χ3v) is 6.56. The second-order valence-corrected chi connectivity index (χ2v) is 8.45. The van der Waals surface area contributed by atoms with E-state index in [1.54, 1.807) is 20.8 Å². The molecule has 0 spiro atoms. The average Bonchev–Trinajstić information content (AvgIpc) is 2.52. The Labute approximate surface area is 147 Å². The van der Waals surface area contributed by atoms with Crippen LogP contribution >= 0.6 is 7.60 Å². The SMILES string of the molecule is CCOP(=O)(OCC)C(C)C(O)CC/C(C)=C/CC/C(C)=C/CO. The summed E-state index contributed by atoms with van der Waals surface area (Å²) in [5.41, 5.74) is 1.82. The molecule has 0 fully saturated rings. The van der Waals surface area contributed by atoms with Crippen molar-refractivity contribution in [2.75, 3.05) is 19.8 Å². The van der Waals surface area contributed by atoms with Crippen molar-refractivity contribution < 1.29 is 23.8 Å². The topological polar surface area (TPSA) is 76.0 Å². The Morgan fingerprint density at radius 1 is 1.08 bits per heavy atom. The number of hydrogen-bond donors (Lipinski definition) is 2. The van der Waals surface area contributed by atoms with Crippen LogP contribution in [-0.2, 0) is 13.6 Å². The van der Waals surface area contributed by atoms with Crippen LogP contribution in [0.15, 0.2) is 23.3 Å². The van der Waals surface area contributed by atoms with Crippen LogP contribution in [0.2, 0.25) is 0 Å². The van der Waals surface area contributed by atoms with Gasteiger partial charge in [0.15, 0.2) is 0 Å². The van der Waals surface area contributed by atoms with Gasteiger partial charge in [-0.15, -0.1) is 0 Å². The fourth-order valence-electron chi connectivity index (χ4n) is 2.37. The summed E-state index contributed by atoms with van der Waals surface area (Å²) in [6.45, 7) is 9.98. The number of rotatable bonds is 13. The molecule has 0 saturated heterocycles. The minimum Gasteiger partial charge on any atom is -0.392 e. The molecule has 24 heavy (non-hydrogen) atoms. The van der Waals surface area contributed by atoms with Gasteiger partial charge < -0.3 is 19.3 Å². The van der Waals surface area contributed by atoms with Crippen LogP contribution in [0.25, 0.3) is 0 Å². The molecule has 0 aliphatic rings. The monoisotopic (exact) mass is 362 g/mol. The van der Waals surface area contributed by atoms with Gasteiger partial charge in [0.25, 0.3) is 0 Å². The highest BCUT2D eigenvalue weighted by atomic mass is 31.2. The van der Waals surface area contributed by atoms with E-state index in [1.807, 2.05) is 19.9 Å². The summed E-state index contributed by atoms with van der Waals surface area (Å²) in [4.78, 5) is 0. The first kappa shape index (κ1) is 23.5. The summed E-state index contributed by atoms with van der Waals surface area (Å²) in [6, 6.07) is 0. The Bertz CT molecular complexity index is 435. The van der Waals surface area contributed by atoms with Crippen LogP contribution in [-0.4, -0.2) is 41.8 Å². The Morgan fingerprint density at radius 2 is 1.62 bits per heavy atom. The third kappa shape index (κ3) is 9.14. The number of aliphatic hydroxyl groups excluding tert-OH is 2. The van der Waals surface area contributed by atoms with Crippen molar-refractivity contribution in [3.05, 3.63) is 23.3 Å². The van der Waals surface area contributed by atoms with Crippen molar-refractivity contribution in [2.24, 2.45) is 0 Å². The summed E-state index contributed by atoms with van der Waals surface area (Å²) in [5.74, 6) is 0. The smallest absolute Gasteiger partial charge is 0.336 e. The van der Waals surface area contributed by atoms with Crippen molar-refractivity contribution in [3.63, 3.8) is 0 Å². The normalized spacial score (nSPS) is 16.3. The summed E-state index contributed by atoms with van der Waals surface area (Å²) in [5, 5.41) is 19.2. The van der Waals surface area contributed by atoms with Gasteiger partial charge >= 0.3 is 7.60 Å². The van der Waals surface area contributed by atoms with E-state index in [2.05, 4.69) is 6.08 Å². The maximum Gasteiger partial charge on any atom is 0.336 e. The molecule has 0 amide bonds. The van der Waals surface area contributed by atoms with Gasteiger partial charge in [-0.2, -0.15) is 0 Å². The molecule has 2 N–H and O–H groups in total. The molecule has 142 valence electrons. The third-order valence-electron chi connectivity index (χ3n) is 3.98. The first-order chi connectivity index (χ1) is 11.3. The van der Waals surface area contributed by atoms with E-state index in [0.717, 1.165) is 19.3 Å². The van der Waals surface area contributed by atoms with E-state index in [1.165, 1.54) is 11.1 Å². The van der Waals surface area contributed by atoms with Gasteiger partial charge in [-0.25, -0.2) is 0 Å². The number of hydrogen-bond acceptors (Lipinski definition) is 5. The lowest BCUT2D eigenvalue weighted by molar-refractivity contribution is 0.136. The van der Waals surface area contributed by atoms with Gasteiger partial charge in [0, 0.05) is 0 Å². The molecule has 5 nitrogen and oxygen atoms in total. The van der Waals surface area contributed by atoms with Gasteiger partial charge in [-0.05, 0) is 60.3 Å². The van der Waals surface area contributed by atoms with E-state index < -0.39 is 19.4 Å². The van der Waals surface area contributed by atoms with Crippen molar-refractivity contribution in [3.8, 4) is 0 Å². The molecule has 0 aromatic carbocycles. The zero-order chi connectivity index (χ0) is 18.6. The average molecular weight is 362 g/mol. The summed E-state index contributed by atoms with van der Waals surface area (Å²) >= 11 is 0. The minimum atomic E-state index is -3.27. The predicted molar refractivity (Wildman–Crippen MR) is 99.4 cm³/mol. The largest absolute Gasteiger partial charge is 0.392 e. The molecule has 0 radical (unpaired) electrons.